The Morgan fingerprint density at radius 1 is 0.864 bits per heavy atom. The summed E-state index contributed by atoms with van der Waals surface area (Å²) >= 11 is 0. The third-order valence-electron chi connectivity index (χ3n) is 4.09. The molecule has 0 bridgehead atoms. The van der Waals surface area contributed by atoms with Gasteiger partial charge in [-0.05, 0) is 48.4 Å². The molecule has 0 aliphatic carbocycles. The molecule has 4 heteroatoms. The molecule has 0 saturated carbocycles. The van der Waals surface area contributed by atoms with Crippen LogP contribution in [0.2, 0.25) is 0 Å². The molecule has 0 spiro atoms. The van der Waals surface area contributed by atoms with Gasteiger partial charge in [0.15, 0.2) is 0 Å². The molecule has 1 heterocycles. The van der Waals surface area contributed by atoms with E-state index >= 15 is 0 Å². The molecular weight excluding hydrogens is 282 g/mol. The summed E-state index contributed by atoms with van der Waals surface area (Å²) in [6.45, 7) is 3.73. The summed E-state index contributed by atoms with van der Waals surface area (Å²) in [6.07, 6.45) is 1.05. The molecule has 22 heavy (non-hydrogen) atoms. The Morgan fingerprint density at radius 2 is 1.68 bits per heavy atom. The van der Waals surface area contributed by atoms with E-state index in [0.717, 1.165) is 43.7 Å². The van der Waals surface area contributed by atoms with Crippen molar-refractivity contribution >= 4 is 0 Å². The molecule has 116 valence electrons. The lowest BCUT2D eigenvalue weighted by atomic mass is 9.96. The van der Waals surface area contributed by atoms with Gasteiger partial charge in [-0.3, -0.25) is 4.90 Å². The molecule has 1 unspecified atom stereocenters. The monoisotopic (exact) mass is 302 g/mol. The molecule has 1 aliphatic rings. The smallest absolute Gasteiger partial charge is 0.123 e. The maximum absolute atomic E-state index is 13.7. The molecule has 2 aromatic carbocycles. The second-order valence-corrected chi connectivity index (χ2v) is 5.65. The van der Waals surface area contributed by atoms with Gasteiger partial charge in [-0.15, -0.1) is 0 Å². The first-order valence-corrected chi connectivity index (χ1v) is 7.70. The minimum Gasteiger partial charge on any atom is -0.315 e. The number of benzene rings is 2. The largest absolute Gasteiger partial charge is 0.315 e. The summed E-state index contributed by atoms with van der Waals surface area (Å²) in [6, 6.07) is 13.2. The molecular formula is C18H20F2N2. The minimum atomic E-state index is -0.251. The average molecular weight is 302 g/mol. The molecule has 0 amide bonds. The normalized spacial score (nSPS) is 17.9. The number of hydrogen-bond donors (Lipinski definition) is 1. The van der Waals surface area contributed by atoms with Gasteiger partial charge in [0.1, 0.15) is 11.6 Å². The SMILES string of the molecule is Fc1ccc(C(c2cccc(F)c2)N2CCCNCC2)cc1. The molecule has 1 fully saturated rings. The summed E-state index contributed by atoms with van der Waals surface area (Å²) < 4.78 is 26.9. The van der Waals surface area contributed by atoms with E-state index in [-0.39, 0.29) is 17.7 Å². The van der Waals surface area contributed by atoms with Gasteiger partial charge in [-0.2, -0.15) is 0 Å². The Hall–Kier alpha value is -1.78. The highest BCUT2D eigenvalue weighted by Crippen LogP contribution is 2.29. The van der Waals surface area contributed by atoms with Gasteiger partial charge < -0.3 is 5.32 Å². The van der Waals surface area contributed by atoms with Crippen molar-refractivity contribution in [3.8, 4) is 0 Å². The van der Waals surface area contributed by atoms with E-state index in [1.807, 2.05) is 6.07 Å². The number of rotatable bonds is 3. The van der Waals surface area contributed by atoms with E-state index in [2.05, 4.69) is 10.2 Å². The zero-order chi connectivity index (χ0) is 15.4. The van der Waals surface area contributed by atoms with Crippen molar-refractivity contribution in [3.63, 3.8) is 0 Å². The van der Waals surface area contributed by atoms with Crippen LogP contribution in [0.3, 0.4) is 0 Å². The molecule has 1 aliphatic heterocycles. The van der Waals surface area contributed by atoms with Crippen LogP contribution in [0, 0.1) is 11.6 Å². The van der Waals surface area contributed by atoms with Crippen LogP contribution in [0.15, 0.2) is 48.5 Å². The summed E-state index contributed by atoms with van der Waals surface area (Å²) in [4.78, 5) is 2.34. The van der Waals surface area contributed by atoms with Crippen LogP contribution >= 0.6 is 0 Å². The number of nitrogens with one attached hydrogen (secondary N) is 1. The van der Waals surface area contributed by atoms with Crippen LogP contribution in [-0.2, 0) is 0 Å². The first-order chi connectivity index (χ1) is 10.7. The maximum atomic E-state index is 13.7. The van der Waals surface area contributed by atoms with Crippen molar-refractivity contribution in [1.29, 1.82) is 0 Å². The fourth-order valence-electron chi connectivity index (χ4n) is 3.06. The summed E-state index contributed by atoms with van der Waals surface area (Å²) in [5, 5.41) is 3.38. The van der Waals surface area contributed by atoms with Gasteiger partial charge in [0.05, 0.1) is 6.04 Å². The molecule has 3 rings (SSSR count). The molecule has 1 atom stereocenters. The molecule has 1 saturated heterocycles. The van der Waals surface area contributed by atoms with Crippen molar-refractivity contribution in [2.24, 2.45) is 0 Å². The summed E-state index contributed by atoms with van der Waals surface area (Å²) in [5.41, 5.74) is 1.91. The van der Waals surface area contributed by atoms with Crippen LogP contribution in [0.5, 0.6) is 0 Å². The first-order valence-electron chi connectivity index (χ1n) is 7.70. The summed E-state index contributed by atoms with van der Waals surface area (Å²) in [7, 11) is 0. The Balaban J connectivity index is 1.99. The highest BCUT2D eigenvalue weighted by molar-refractivity contribution is 5.32. The maximum Gasteiger partial charge on any atom is 0.123 e. The topological polar surface area (TPSA) is 15.3 Å². The van der Waals surface area contributed by atoms with Gasteiger partial charge in [0.25, 0.3) is 0 Å². The van der Waals surface area contributed by atoms with Crippen LogP contribution in [-0.4, -0.2) is 31.1 Å². The van der Waals surface area contributed by atoms with Gasteiger partial charge in [-0.1, -0.05) is 24.3 Å². The quantitative estimate of drug-likeness (QED) is 0.935. The average Bonchev–Trinajstić information content (AvgIpc) is 2.79. The zero-order valence-electron chi connectivity index (χ0n) is 12.4. The van der Waals surface area contributed by atoms with E-state index in [1.165, 1.54) is 18.2 Å². The second kappa shape index (κ2) is 6.99. The lowest BCUT2D eigenvalue weighted by molar-refractivity contribution is 0.240. The minimum absolute atomic E-state index is 0.0452. The molecule has 0 aromatic heterocycles. The Morgan fingerprint density at radius 3 is 2.45 bits per heavy atom. The van der Waals surface area contributed by atoms with Crippen molar-refractivity contribution in [2.45, 2.75) is 12.5 Å². The van der Waals surface area contributed by atoms with E-state index in [1.54, 1.807) is 24.3 Å². The van der Waals surface area contributed by atoms with Crippen LogP contribution in [0.25, 0.3) is 0 Å². The zero-order valence-corrected chi connectivity index (χ0v) is 12.4. The lowest BCUT2D eigenvalue weighted by Gasteiger charge is -2.31. The van der Waals surface area contributed by atoms with Crippen LogP contribution in [0.1, 0.15) is 23.6 Å². The van der Waals surface area contributed by atoms with E-state index in [9.17, 15) is 8.78 Å². The third-order valence-corrected chi connectivity index (χ3v) is 4.09. The van der Waals surface area contributed by atoms with E-state index in [0.29, 0.717) is 0 Å². The molecule has 0 radical (unpaired) electrons. The Labute approximate surface area is 129 Å². The number of halogens is 2. The van der Waals surface area contributed by atoms with Crippen LogP contribution < -0.4 is 5.32 Å². The standard InChI is InChI=1S/C18H20F2N2/c19-16-7-5-14(6-8-16)18(15-3-1-4-17(20)13-15)22-11-2-9-21-10-12-22/h1,3-8,13,18,21H,2,9-12H2. The summed E-state index contributed by atoms with van der Waals surface area (Å²) in [5.74, 6) is -0.489. The third kappa shape index (κ3) is 3.51. The van der Waals surface area contributed by atoms with Gasteiger partial charge in [0, 0.05) is 19.6 Å². The number of nitrogens with zero attached hydrogens (tertiary/aromatic N) is 1. The van der Waals surface area contributed by atoms with Gasteiger partial charge in [-0.25, -0.2) is 8.78 Å². The number of hydrogen-bond acceptors (Lipinski definition) is 2. The first kappa shape index (κ1) is 15.1. The highest BCUT2D eigenvalue weighted by Gasteiger charge is 2.23. The Bertz CT molecular complexity index is 605. The second-order valence-electron chi connectivity index (χ2n) is 5.65. The fraction of sp³-hybridized carbons (Fsp3) is 0.333. The predicted octanol–water partition coefficient (Wildman–Crippen LogP) is 3.35. The molecule has 2 nitrogen and oxygen atoms in total. The lowest BCUT2D eigenvalue weighted by Crippen LogP contribution is -2.33. The highest BCUT2D eigenvalue weighted by atomic mass is 19.1. The van der Waals surface area contributed by atoms with Crippen molar-refractivity contribution < 1.29 is 8.78 Å². The predicted molar refractivity (Wildman–Crippen MR) is 83.7 cm³/mol. The van der Waals surface area contributed by atoms with Gasteiger partial charge >= 0.3 is 0 Å². The van der Waals surface area contributed by atoms with Crippen molar-refractivity contribution in [2.75, 3.05) is 26.2 Å². The Kier molecular flexibility index (Phi) is 4.80. The molecule has 1 N–H and O–H groups in total. The van der Waals surface area contributed by atoms with Crippen molar-refractivity contribution in [1.82, 2.24) is 10.2 Å². The van der Waals surface area contributed by atoms with Crippen molar-refractivity contribution in [3.05, 3.63) is 71.3 Å². The van der Waals surface area contributed by atoms with Gasteiger partial charge in [0.2, 0.25) is 0 Å². The fourth-order valence-corrected chi connectivity index (χ4v) is 3.06. The molecule has 2 aromatic rings. The van der Waals surface area contributed by atoms with E-state index < -0.39 is 0 Å². The van der Waals surface area contributed by atoms with E-state index in [4.69, 9.17) is 0 Å². The van der Waals surface area contributed by atoms with Crippen LogP contribution in [0.4, 0.5) is 8.78 Å².